The summed E-state index contributed by atoms with van der Waals surface area (Å²) in [6.45, 7) is 4.82. The van der Waals surface area contributed by atoms with Crippen molar-refractivity contribution in [3.05, 3.63) is 52.5 Å². The SMILES string of the molecule is CCCC[C@H](F)C(=O)O[C@H]1CC[C@H](CCc2ccc(-c3ccc(OCCC)c(Br)c3)cc2)CC1. The minimum atomic E-state index is -1.46. The van der Waals surface area contributed by atoms with E-state index in [4.69, 9.17) is 9.47 Å². The minimum absolute atomic E-state index is 0.110. The fraction of sp³-hybridized carbons (Fsp3) is 0.552. The lowest BCUT2D eigenvalue weighted by molar-refractivity contribution is -0.157. The number of esters is 1. The summed E-state index contributed by atoms with van der Waals surface area (Å²) in [5, 5.41) is 0. The molecule has 3 rings (SSSR count). The van der Waals surface area contributed by atoms with Crippen LogP contribution in [0.4, 0.5) is 4.39 Å². The van der Waals surface area contributed by atoms with Crippen molar-refractivity contribution < 1.29 is 18.7 Å². The van der Waals surface area contributed by atoms with Gasteiger partial charge in [0.1, 0.15) is 11.9 Å². The number of hydrogen-bond acceptors (Lipinski definition) is 3. The highest BCUT2D eigenvalue weighted by molar-refractivity contribution is 9.10. The molecular formula is C29H38BrFO3. The number of rotatable bonds is 12. The molecular weight excluding hydrogens is 495 g/mol. The molecule has 0 saturated heterocycles. The van der Waals surface area contributed by atoms with Crippen LogP contribution in [-0.4, -0.2) is 24.9 Å². The lowest BCUT2D eigenvalue weighted by Gasteiger charge is -2.28. The van der Waals surface area contributed by atoms with E-state index in [0.29, 0.717) is 5.92 Å². The molecule has 0 aromatic heterocycles. The average Bonchev–Trinajstić information content (AvgIpc) is 2.86. The van der Waals surface area contributed by atoms with Crippen LogP contribution in [0.5, 0.6) is 5.75 Å². The molecule has 1 atom stereocenters. The van der Waals surface area contributed by atoms with Gasteiger partial charge in [0.25, 0.3) is 0 Å². The molecule has 1 saturated carbocycles. The summed E-state index contributed by atoms with van der Waals surface area (Å²) in [6, 6.07) is 15.0. The molecule has 1 aliphatic carbocycles. The van der Waals surface area contributed by atoms with Gasteiger partial charge in [0.2, 0.25) is 0 Å². The Kier molecular flexibility index (Phi) is 10.9. The highest BCUT2D eigenvalue weighted by Crippen LogP contribution is 2.32. The number of halogens is 2. The number of hydrogen-bond donors (Lipinski definition) is 0. The Morgan fingerprint density at radius 3 is 2.38 bits per heavy atom. The van der Waals surface area contributed by atoms with Crippen molar-refractivity contribution in [3.8, 4) is 16.9 Å². The van der Waals surface area contributed by atoms with Crippen molar-refractivity contribution in [2.24, 2.45) is 5.92 Å². The molecule has 0 bridgehead atoms. The van der Waals surface area contributed by atoms with Crippen LogP contribution in [0.3, 0.4) is 0 Å². The van der Waals surface area contributed by atoms with Gasteiger partial charge in [-0.25, -0.2) is 9.18 Å². The Labute approximate surface area is 212 Å². The maximum absolute atomic E-state index is 13.9. The number of ether oxygens (including phenoxy) is 2. The highest BCUT2D eigenvalue weighted by atomic mass is 79.9. The number of unbranched alkanes of at least 4 members (excludes halogenated alkanes) is 1. The van der Waals surface area contributed by atoms with E-state index in [1.165, 1.54) is 16.7 Å². The fourth-order valence-corrected chi connectivity index (χ4v) is 5.02. The topological polar surface area (TPSA) is 35.5 Å². The zero-order chi connectivity index (χ0) is 24.3. The van der Waals surface area contributed by atoms with Gasteiger partial charge in [-0.05, 0) is 102 Å². The Hall–Kier alpha value is -1.88. The Bertz CT molecular complexity index is 891. The van der Waals surface area contributed by atoms with Gasteiger partial charge in [-0.15, -0.1) is 0 Å². The van der Waals surface area contributed by atoms with Crippen LogP contribution in [0.15, 0.2) is 46.9 Å². The van der Waals surface area contributed by atoms with Crippen molar-refractivity contribution in [2.45, 2.75) is 90.3 Å². The van der Waals surface area contributed by atoms with Crippen molar-refractivity contribution in [1.29, 1.82) is 0 Å². The van der Waals surface area contributed by atoms with Gasteiger partial charge in [0.05, 0.1) is 11.1 Å². The standard InChI is InChI=1S/C29H38BrFO3/c1-3-5-6-27(31)29(32)34-25-16-11-22(12-17-25)8-7-21-9-13-23(14-10-21)24-15-18-28(26(30)20-24)33-19-4-2/h9-10,13-15,18,20,22,25,27H,3-8,11-12,16-17,19H2,1-2H3/t22-,25-,27-/m0/s1. The fourth-order valence-electron chi connectivity index (χ4n) is 4.52. The Morgan fingerprint density at radius 1 is 1.03 bits per heavy atom. The maximum atomic E-state index is 13.9. The van der Waals surface area contributed by atoms with Crippen LogP contribution >= 0.6 is 15.9 Å². The van der Waals surface area contributed by atoms with E-state index in [1.807, 2.05) is 13.0 Å². The summed E-state index contributed by atoms with van der Waals surface area (Å²) in [7, 11) is 0. The molecule has 1 fully saturated rings. The summed E-state index contributed by atoms with van der Waals surface area (Å²) in [6.07, 6.45) is 7.28. The molecule has 3 nitrogen and oxygen atoms in total. The number of aryl methyl sites for hydroxylation is 1. The molecule has 0 heterocycles. The van der Waals surface area contributed by atoms with Gasteiger partial charge in [-0.1, -0.05) is 57.0 Å². The lowest BCUT2D eigenvalue weighted by Crippen LogP contribution is -2.29. The third-order valence-corrected chi connectivity index (χ3v) is 7.29. The van der Waals surface area contributed by atoms with Crippen molar-refractivity contribution in [2.75, 3.05) is 6.61 Å². The number of benzene rings is 2. The van der Waals surface area contributed by atoms with E-state index in [2.05, 4.69) is 59.3 Å². The molecule has 0 unspecified atom stereocenters. The highest BCUT2D eigenvalue weighted by Gasteiger charge is 2.27. The first-order valence-electron chi connectivity index (χ1n) is 12.9. The second kappa shape index (κ2) is 13.9. The molecule has 2 aromatic carbocycles. The van der Waals surface area contributed by atoms with E-state index in [1.54, 1.807) is 0 Å². The molecule has 0 spiro atoms. The number of carbonyl (C=O) groups excluding carboxylic acids is 1. The summed E-state index contributed by atoms with van der Waals surface area (Å²) in [5.41, 5.74) is 3.70. The molecule has 0 radical (unpaired) electrons. The van der Waals surface area contributed by atoms with Gasteiger partial charge < -0.3 is 9.47 Å². The van der Waals surface area contributed by atoms with Crippen LogP contribution in [-0.2, 0) is 16.0 Å². The molecule has 0 N–H and O–H groups in total. The van der Waals surface area contributed by atoms with E-state index in [9.17, 15) is 9.18 Å². The maximum Gasteiger partial charge on any atom is 0.340 e. The normalized spacial score (nSPS) is 18.9. The summed E-state index contributed by atoms with van der Waals surface area (Å²) < 4.78 is 26.0. The molecule has 0 aliphatic heterocycles. The Morgan fingerprint density at radius 2 is 1.74 bits per heavy atom. The minimum Gasteiger partial charge on any atom is -0.492 e. The zero-order valence-electron chi connectivity index (χ0n) is 20.5. The smallest absolute Gasteiger partial charge is 0.340 e. The van der Waals surface area contributed by atoms with E-state index < -0.39 is 12.1 Å². The van der Waals surface area contributed by atoms with Gasteiger partial charge in [0, 0.05) is 0 Å². The molecule has 0 amide bonds. The van der Waals surface area contributed by atoms with Crippen LogP contribution < -0.4 is 4.74 Å². The molecule has 1 aliphatic rings. The predicted octanol–water partition coefficient (Wildman–Crippen LogP) is 8.47. The lowest BCUT2D eigenvalue weighted by atomic mass is 9.83. The second-order valence-electron chi connectivity index (χ2n) is 9.42. The summed E-state index contributed by atoms with van der Waals surface area (Å²) in [5.74, 6) is 0.863. The van der Waals surface area contributed by atoms with Crippen LogP contribution in [0, 0.1) is 5.92 Å². The van der Waals surface area contributed by atoms with E-state index in [-0.39, 0.29) is 12.5 Å². The number of carbonyl (C=O) groups is 1. The number of alkyl halides is 1. The van der Waals surface area contributed by atoms with Gasteiger partial charge >= 0.3 is 5.97 Å². The second-order valence-corrected chi connectivity index (χ2v) is 10.3. The summed E-state index contributed by atoms with van der Waals surface area (Å²) in [4.78, 5) is 11.9. The van der Waals surface area contributed by atoms with Crippen molar-refractivity contribution in [3.63, 3.8) is 0 Å². The first kappa shape index (κ1) is 26.7. The van der Waals surface area contributed by atoms with Crippen molar-refractivity contribution in [1.82, 2.24) is 0 Å². The van der Waals surface area contributed by atoms with E-state index >= 15 is 0 Å². The molecule has 5 heteroatoms. The third-order valence-electron chi connectivity index (χ3n) is 6.67. The van der Waals surface area contributed by atoms with Crippen molar-refractivity contribution >= 4 is 21.9 Å². The predicted molar refractivity (Wildman–Crippen MR) is 140 cm³/mol. The van der Waals surface area contributed by atoms with Crippen LogP contribution in [0.1, 0.15) is 77.2 Å². The van der Waals surface area contributed by atoms with Crippen LogP contribution in [0.2, 0.25) is 0 Å². The molecule has 186 valence electrons. The van der Waals surface area contributed by atoms with E-state index in [0.717, 1.165) is 74.6 Å². The third kappa shape index (κ3) is 8.11. The van der Waals surface area contributed by atoms with Gasteiger partial charge in [-0.2, -0.15) is 0 Å². The average molecular weight is 534 g/mol. The zero-order valence-corrected chi connectivity index (χ0v) is 22.1. The summed E-state index contributed by atoms with van der Waals surface area (Å²) >= 11 is 3.62. The Balaban J connectivity index is 1.42. The van der Waals surface area contributed by atoms with Gasteiger partial charge in [-0.3, -0.25) is 0 Å². The first-order chi connectivity index (χ1) is 16.5. The first-order valence-corrected chi connectivity index (χ1v) is 13.7. The molecule has 2 aromatic rings. The monoisotopic (exact) mass is 532 g/mol. The molecule has 34 heavy (non-hydrogen) atoms. The quantitative estimate of drug-likeness (QED) is 0.257. The van der Waals surface area contributed by atoms with Crippen LogP contribution in [0.25, 0.3) is 11.1 Å². The largest absolute Gasteiger partial charge is 0.492 e. The van der Waals surface area contributed by atoms with Gasteiger partial charge in [0.15, 0.2) is 6.17 Å².